The third kappa shape index (κ3) is 3.08. The molecule has 0 fully saturated rings. The Balaban J connectivity index is 2.10. The van der Waals surface area contributed by atoms with E-state index in [0.29, 0.717) is 13.0 Å². The Morgan fingerprint density at radius 2 is 2.00 bits per heavy atom. The van der Waals surface area contributed by atoms with E-state index in [1.54, 1.807) is 4.90 Å². The van der Waals surface area contributed by atoms with Crippen LogP contribution in [0.4, 0.5) is 5.69 Å². The first-order valence-corrected chi connectivity index (χ1v) is 7.69. The zero-order valence-corrected chi connectivity index (χ0v) is 11.0. The second-order valence-corrected chi connectivity index (χ2v) is 6.17. The Labute approximate surface area is 107 Å². The van der Waals surface area contributed by atoms with Crippen molar-refractivity contribution in [3.8, 4) is 0 Å². The molecule has 1 N–H and O–H groups in total. The van der Waals surface area contributed by atoms with E-state index in [4.69, 9.17) is 0 Å². The fourth-order valence-corrected chi connectivity index (χ4v) is 2.55. The molecule has 1 heterocycles. The third-order valence-corrected chi connectivity index (χ3v) is 3.62. The second-order valence-electron chi connectivity index (χ2n) is 4.34. The van der Waals surface area contributed by atoms with E-state index in [0.717, 1.165) is 23.9 Å². The molecule has 6 heteroatoms. The molecule has 0 aliphatic carbocycles. The van der Waals surface area contributed by atoms with E-state index in [9.17, 15) is 13.2 Å². The first-order chi connectivity index (χ1) is 8.47. The monoisotopic (exact) mass is 268 g/mol. The molecular formula is C12H16N2O3S. The number of rotatable bonds is 4. The van der Waals surface area contributed by atoms with E-state index in [1.165, 1.54) is 0 Å². The SMILES string of the molecule is CS(=O)(=O)NCCN1C(=O)CCc2ccccc21. The summed E-state index contributed by atoms with van der Waals surface area (Å²) in [5.74, 6) is 0.0454. The van der Waals surface area contributed by atoms with Crippen molar-refractivity contribution in [1.82, 2.24) is 4.72 Å². The zero-order valence-electron chi connectivity index (χ0n) is 10.2. The Bertz CT molecular complexity index is 554. The number of aryl methyl sites for hydroxylation is 1. The Morgan fingerprint density at radius 3 is 2.72 bits per heavy atom. The number of anilines is 1. The smallest absolute Gasteiger partial charge is 0.227 e. The van der Waals surface area contributed by atoms with Crippen molar-refractivity contribution in [2.75, 3.05) is 24.2 Å². The van der Waals surface area contributed by atoms with Gasteiger partial charge in [0.1, 0.15) is 0 Å². The highest BCUT2D eigenvalue weighted by Gasteiger charge is 2.23. The van der Waals surface area contributed by atoms with Crippen LogP contribution in [-0.2, 0) is 21.2 Å². The van der Waals surface area contributed by atoms with Crippen LogP contribution in [0.25, 0.3) is 0 Å². The Kier molecular flexibility index (Phi) is 3.68. The summed E-state index contributed by atoms with van der Waals surface area (Å²) in [5, 5.41) is 0. The van der Waals surface area contributed by atoms with E-state index in [2.05, 4.69) is 4.72 Å². The van der Waals surface area contributed by atoms with Crippen molar-refractivity contribution in [3.05, 3.63) is 29.8 Å². The van der Waals surface area contributed by atoms with Gasteiger partial charge in [0.2, 0.25) is 15.9 Å². The molecule has 0 saturated heterocycles. The van der Waals surface area contributed by atoms with Crippen molar-refractivity contribution in [2.24, 2.45) is 0 Å². The maximum Gasteiger partial charge on any atom is 0.227 e. The number of benzene rings is 1. The van der Waals surface area contributed by atoms with Crippen molar-refractivity contribution < 1.29 is 13.2 Å². The van der Waals surface area contributed by atoms with Crippen LogP contribution in [0.15, 0.2) is 24.3 Å². The molecule has 1 aliphatic heterocycles. The van der Waals surface area contributed by atoms with Gasteiger partial charge in [0.25, 0.3) is 0 Å². The number of hydrogen-bond donors (Lipinski definition) is 1. The number of nitrogens with zero attached hydrogens (tertiary/aromatic N) is 1. The number of amides is 1. The topological polar surface area (TPSA) is 66.5 Å². The molecule has 0 aromatic heterocycles. The first-order valence-electron chi connectivity index (χ1n) is 5.80. The highest BCUT2D eigenvalue weighted by molar-refractivity contribution is 7.88. The number of carbonyl (C=O) groups is 1. The van der Waals surface area contributed by atoms with Crippen LogP contribution in [0, 0.1) is 0 Å². The van der Waals surface area contributed by atoms with Gasteiger partial charge >= 0.3 is 0 Å². The number of nitrogens with one attached hydrogen (secondary N) is 1. The normalized spacial score (nSPS) is 15.6. The predicted molar refractivity (Wildman–Crippen MR) is 70.0 cm³/mol. The molecule has 0 spiro atoms. The fraction of sp³-hybridized carbons (Fsp3) is 0.417. The summed E-state index contributed by atoms with van der Waals surface area (Å²) >= 11 is 0. The number of fused-ring (bicyclic) bond motifs is 1. The first kappa shape index (κ1) is 13.0. The molecular weight excluding hydrogens is 252 g/mol. The molecule has 0 atom stereocenters. The van der Waals surface area contributed by atoms with Gasteiger partial charge < -0.3 is 4.90 Å². The molecule has 0 bridgehead atoms. The maximum absolute atomic E-state index is 11.9. The molecule has 98 valence electrons. The zero-order chi connectivity index (χ0) is 13.2. The maximum atomic E-state index is 11.9. The predicted octanol–water partition coefficient (Wildman–Crippen LogP) is 0.515. The van der Waals surface area contributed by atoms with Gasteiger partial charge in [0.05, 0.1) is 6.26 Å². The van der Waals surface area contributed by atoms with Crippen LogP contribution < -0.4 is 9.62 Å². The van der Waals surface area contributed by atoms with Gasteiger partial charge in [-0.1, -0.05) is 18.2 Å². The molecule has 1 amide bonds. The molecule has 0 unspecified atom stereocenters. The average Bonchev–Trinajstić information content (AvgIpc) is 2.31. The average molecular weight is 268 g/mol. The van der Waals surface area contributed by atoms with E-state index >= 15 is 0 Å². The lowest BCUT2D eigenvalue weighted by molar-refractivity contribution is -0.118. The van der Waals surface area contributed by atoms with Gasteiger partial charge in [-0.15, -0.1) is 0 Å². The molecule has 18 heavy (non-hydrogen) atoms. The standard InChI is InChI=1S/C12H16N2O3S/c1-18(16,17)13-8-9-14-11-5-3-2-4-10(11)6-7-12(14)15/h2-5,13H,6-9H2,1H3. The van der Waals surface area contributed by atoms with Gasteiger partial charge in [-0.3, -0.25) is 4.79 Å². The minimum absolute atomic E-state index is 0.0454. The Hall–Kier alpha value is -1.40. The lowest BCUT2D eigenvalue weighted by Crippen LogP contribution is -2.40. The number of hydrogen-bond acceptors (Lipinski definition) is 3. The summed E-state index contributed by atoms with van der Waals surface area (Å²) in [6.45, 7) is 0.599. The molecule has 0 saturated carbocycles. The lowest BCUT2D eigenvalue weighted by atomic mass is 10.0. The minimum atomic E-state index is -3.21. The van der Waals surface area contributed by atoms with Crippen molar-refractivity contribution in [2.45, 2.75) is 12.8 Å². The molecule has 5 nitrogen and oxygen atoms in total. The number of para-hydroxylation sites is 1. The van der Waals surface area contributed by atoms with Gasteiger partial charge in [-0.25, -0.2) is 13.1 Å². The lowest BCUT2D eigenvalue weighted by Gasteiger charge is -2.29. The molecule has 1 aromatic rings. The second kappa shape index (κ2) is 5.07. The van der Waals surface area contributed by atoms with Crippen LogP contribution in [-0.4, -0.2) is 33.7 Å². The summed E-state index contributed by atoms with van der Waals surface area (Å²) in [4.78, 5) is 13.5. The number of sulfonamides is 1. The molecule has 1 aliphatic rings. The van der Waals surface area contributed by atoms with Crippen LogP contribution in [0.2, 0.25) is 0 Å². The van der Waals surface area contributed by atoms with Crippen LogP contribution in [0.5, 0.6) is 0 Å². The van der Waals surface area contributed by atoms with Crippen LogP contribution in [0.3, 0.4) is 0 Å². The molecule has 0 radical (unpaired) electrons. The fourth-order valence-electron chi connectivity index (χ4n) is 2.08. The summed E-state index contributed by atoms with van der Waals surface area (Å²) in [7, 11) is -3.21. The van der Waals surface area contributed by atoms with Crippen molar-refractivity contribution >= 4 is 21.6 Å². The Morgan fingerprint density at radius 1 is 1.28 bits per heavy atom. The van der Waals surface area contributed by atoms with E-state index < -0.39 is 10.0 Å². The summed E-state index contributed by atoms with van der Waals surface area (Å²) in [5.41, 5.74) is 2.03. The largest absolute Gasteiger partial charge is 0.311 e. The van der Waals surface area contributed by atoms with Crippen molar-refractivity contribution in [3.63, 3.8) is 0 Å². The summed E-state index contributed by atoms with van der Waals surface area (Å²) < 4.78 is 24.4. The summed E-state index contributed by atoms with van der Waals surface area (Å²) in [6.07, 6.45) is 2.35. The van der Waals surface area contributed by atoms with E-state index in [1.807, 2.05) is 24.3 Å². The quantitative estimate of drug-likeness (QED) is 0.865. The van der Waals surface area contributed by atoms with Gasteiger partial charge in [0.15, 0.2) is 0 Å². The highest BCUT2D eigenvalue weighted by Crippen LogP contribution is 2.26. The van der Waals surface area contributed by atoms with Crippen LogP contribution >= 0.6 is 0 Å². The third-order valence-electron chi connectivity index (χ3n) is 2.89. The minimum Gasteiger partial charge on any atom is -0.311 e. The summed E-state index contributed by atoms with van der Waals surface area (Å²) in [6, 6.07) is 7.72. The van der Waals surface area contributed by atoms with Crippen LogP contribution in [0.1, 0.15) is 12.0 Å². The molecule has 1 aromatic carbocycles. The van der Waals surface area contributed by atoms with Gasteiger partial charge in [0, 0.05) is 25.2 Å². The van der Waals surface area contributed by atoms with Gasteiger partial charge in [-0.2, -0.15) is 0 Å². The number of carbonyl (C=O) groups excluding carboxylic acids is 1. The van der Waals surface area contributed by atoms with Gasteiger partial charge in [-0.05, 0) is 18.1 Å². The van der Waals surface area contributed by atoms with Crippen molar-refractivity contribution in [1.29, 1.82) is 0 Å². The highest BCUT2D eigenvalue weighted by atomic mass is 32.2. The van der Waals surface area contributed by atoms with E-state index in [-0.39, 0.29) is 12.5 Å². The molecule has 2 rings (SSSR count).